The van der Waals surface area contributed by atoms with Crippen LogP contribution in [0, 0.1) is 0 Å². The minimum Gasteiger partial charge on any atom is -0.379 e. The van der Waals surface area contributed by atoms with E-state index in [9.17, 15) is 4.79 Å². The van der Waals surface area contributed by atoms with E-state index < -0.39 is 0 Å². The number of carbonyl (C=O) groups is 1. The van der Waals surface area contributed by atoms with E-state index in [0.717, 1.165) is 43.9 Å². The average molecular weight is 379 g/mol. The van der Waals surface area contributed by atoms with E-state index in [-0.39, 0.29) is 11.9 Å². The maximum absolute atomic E-state index is 12.6. The van der Waals surface area contributed by atoms with Gasteiger partial charge in [-0.2, -0.15) is 5.10 Å². The molecule has 0 atom stereocenters. The number of carbonyl (C=O) groups excluding carboxylic acids is 1. The average Bonchev–Trinajstić information content (AvgIpc) is 3.13. The van der Waals surface area contributed by atoms with Gasteiger partial charge in [-0.05, 0) is 37.6 Å². The summed E-state index contributed by atoms with van der Waals surface area (Å²) in [6.45, 7) is 8.48. The Kier molecular flexibility index (Phi) is 5.36. The summed E-state index contributed by atoms with van der Waals surface area (Å²) in [6, 6.07) is 9.90. The zero-order chi connectivity index (χ0) is 19.5. The standard InChI is InChI=1S/C21H25N5O2/c1-15(2)26-20-18(12-23-26)11-19(13-22-20)24-21(27)17-5-3-16(4-6-17)14-25-7-9-28-10-8-25/h3-6,11-13,15H,7-10,14H2,1-2H3,(H,24,27). The molecule has 1 aromatic carbocycles. The molecule has 28 heavy (non-hydrogen) atoms. The molecule has 1 saturated heterocycles. The molecule has 1 N–H and O–H groups in total. The van der Waals surface area contributed by atoms with E-state index in [2.05, 4.69) is 34.1 Å². The van der Waals surface area contributed by atoms with Crippen molar-refractivity contribution < 1.29 is 9.53 Å². The van der Waals surface area contributed by atoms with Crippen molar-refractivity contribution in [3.63, 3.8) is 0 Å². The van der Waals surface area contributed by atoms with Crippen molar-refractivity contribution in [3.05, 3.63) is 53.9 Å². The number of aromatic nitrogens is 3. The third kappa shape index (κ3) is 4.05. The molecular formula is C21H25N5O2. The van der Waals surface area contributed by atoms with Gasteiger partial charge in [0.05, 0.1) is 31.3 Å². The number of nitrogens with zero attached hydrogens (tertiary/aromatic N) is 4. The van der Waals surface area contributed by atoms with Crippen LogP contribution in [0.15, 0.2) is 42.7 Å². The quantitative estimate of drug-likeness (QED) is 0.737. The first-order chi connectivity index (χ1) is 13.6. The van der Waals surface area contributed by atoms with Gasteiger partial charge >= 0.3 is 0 Å². The van der Waals surface area contributed by atoms with Crippen LogP contribution in [-0.2, 0) is 11.3 Å². The molecule has 1 aliphatic heterocycles. The second-order valence-corrected chi connectivity index (χ2v) is 7.36. The summed E-state index contributed by atoms with van der Waals surface area (Å²) in [7, 11) is 0. The van der Waals surface area contributed by atoms with Gasteiger partial charge in [0.15, 0.2) is 5.65 Å². The number of benzene rings is 1. The van der Waals surface area contributed by atoms with Crippen molar-refractivity contribution >= 4 is 22.6 Å². The fourth-order valence-corrected chi connectivity index (χ4v) is 3.37. The van der Waals surface area contributed by atoms with Crippen molar-refractivity contribution in [3.8, 4) is 0 Å². The van der Waals surface area contributed by atoms with Crippen LogP contribution >= 0.6 is 0 Å². The first-order valence-electron chi connectivity index (χ1n) is 9.64. The van der Waals surface area contributed by atoms with Crippen LogP contribution in [0.25, 0.3) is 11.0 Å². The van der Waals surface area contributed by atoms with E-state index >= 15 is 0 Å². The molecule has 1 amide bonds. The van der Waals surface area contributed by atoms with Crippen LogP contribution in [-0.4, -0.2) is 51.9 Å². The monoisotopic (exact) mass is 379 g/mol. The van der Waals surface area contributed by atoms with Crippen molar-refractivity contribution in [2.24, 2.45) is 0 Å². The minimum atomic E-state index is -0.143. The number of amides is 1. The SMILES string of the molecule is CC(C)n1ncc2cc(NC(=O)c3ccc(CN4CCOCC4)cc3)cnc21. The highest BCUT2D eigenvalue weighted by atomic mass is 16.5. The Hall–Kier alpha value is -2.77. The summed E-state index contributed by atoms with van der Waals surface area (Å²) >= 11 is 0. The molecule has 2 aromatic heterocycles. The van der Waals surface area contributed by atoms with Crippen LogP contribution in [0.3, 0.4) is 0 Å². The third-order valence-corrected chi connectivity index (χ3v) is 4.91. The second-order valence-electron chi connectivity index (χ2n) is 7.36. The first kappa shape index (κ1) is 18.6. The first-order valence-corrected chi connectivity index (χ1v) is 9.64. The normalized spacial score (nSPS) is 15.2. The van der Waals surface area contributed by atoms with Crippen molar-refractivity contribution in [1.29, 1.82) is 0 Å². The van der Waals surface area contributed by atoms with Crippen LogP contribution in [0.4, 0.5) is 5.69 Å². The summed E-state index contributed by atoms with van der Waals surface area (Å²) in [5.41, 5.74) is 3.31. The van der Waals surface area contributed by atoms with Gasteiger partial charge in [0, 0.05) is 36.6 Å². The largest absolute Gasteiger partial charge is 0.379 e. The number of ether oxygens (including phenoxy) is 1. The number of morpholine rings is 1. The van der Waals surface area contributed by atoms with E-state index in [1.807, 2.05) is 35.0 Å². The summed E-state index contributed by atoms with van der Waals surface area (Å²) in [5.74, 6) is -0.143. The second kappa shape index (κ2) is 8.08. The van der Waals surface area contributed by atoms with Gasteiger partial charge in [-0.25, -0.2) is 9.67 Å². The molecule has 0 aliphatic carbocycles. The molecule has 3 heterocycles. The number of fused-ring (bicyclic) bond motifs is 1. The van der Waals surface area contributed by atoms with E-state index in [1.165, 1.54) is 5.56 Å². The van der Waals surface area contributed by atoms with Gasteiger partial charge in [-0.3, -0.25) is 9.69 Å². The van der Waals surface area contributed by atoms with Gasteiger partial charge in [-0.1, -0.05) is 12.1 Å². The molecule has 7 nitrogen and oxygen atoms in total. The lowest BCUT2D eigenvalue weighted by Gasteiger charge is -2.26. The third-order valence-electron chi connectivity index (χ3n) is 4.91. The molecule has 0 unspecified atom stereocenters. The molecule has 3 aromatic rings. The summed E-state index contributed by atoms with van der Waals surface area (Å²) in [5, 5.41) is 8.19. The van der Waals surface area contributed by atoms with Crippen molar-refractivity contribution in [2.75, 3.05) is 31.6 Å². The number of hydrogen-bond acceptors (Lipinski definition) is 5. The fourth-order valence-electron chi connectivity index (χ4n) is 3.37. The molecule has 146 valence electrons. The van der Waals surface area contributed by atoms with Crippen molar-refractivity contribution in [2.45, 2.75) is 26.4 Å². The highest BCUT2D eigenvalue weighted by molar-refractivity contribution is 6.04. The molecule has 1 aliphatic rings. The molecule has 4 rings (SSSR count). The predicted molar refractivity (Wildman–Crippen MR) is 108 cm³/mol. The molecule has 1 fully saturated rings. The van der Waals surface area contributed by atoms with E-state index in [4.69, 9.17) is 4.74 Å². The molecule has 0 saturated carbocycles. The molecule has 0 spiro atoms. The van der Waals surface area contributed by atoms with Crippen LogP contribution < -0.4 is 5.32 Å². The zero-order valence-electron chi connectivity index (χ0n) is 16.3. The molecule has 0 radical (unpaired) electrons. The Morgan fingerprint density at radius 1 is 1.18 bits per heavy atom. The van der Waals surface area contributed by atoms with Crippen LogP contribution in [0.2, 0.25) is 0 Å². The molecular weight excluding hydrogens is 354 g/mol. The van der Waals surface area contributed by atoms with Crippen molar-refractivity contribution in [1.82, 2.24) is 19.7 Å². The smallest absolute Gasteiger partial charge is 0.255 e. The van der Waals surface area contributed by atoms with Gasteiger partial charge < -0.3 is 10.1 Å². The fraction of sp³-hybridized carbons (Fsp3) is 0.381. The Morgan fingerprint density at radius 3 is 2.64 bits per heavy atom. The number of rotatable bonds is 5. The predicted octanol–water partition coefficient (Wildman–Crippen LogP) is 3.10. The Balaban J connectivity index is 1.42. The maximum Gasteiger partial charge on any atom is 0.255 e. The molecule has 0 bridgehead atoms. The summed E-state index contributed by atoms with van der Waals surface area (Å²) < 4.78 is 7.25. The zero-order valence-corrected chi connectivity index (χ0v) is 16.3. The lowest BCUT2D eigenvalue weighted by molar-refractivity contribution is 0.0342. The number of pyridine rings is 1. The summed E-state index contributed by atoms with van der Waals surface area (Å²) in [6.07, 6.45) is 3.45. The molecule has 7 heteroatoms. The Labute approximate surface area is 164 Å². The lowest BCUT2D eigenvalue weighted by atomic mass is 10.1. The van der Waals surface area contributed by atoms with E-state index in [1.54, 1.807) is 12.4 Å². The maximum atomic E-state index is 12.6. The Bertz CT molecular complexity index is 959. The van der Waals surface area contributed by atoms with Gasteiger partial charge in [0.2, 0.25) is 0 Å². The van der Waals surface area contributed by atoms with Crippen LogP contribution in [0.5, 0.6) is 0 Å². The summed E-state index contributed by atoms with van der Waals surface area (Å²) in [4.78, 5) is 19.4. The minimum absolute atomic E-state index is 0.143. The lowest BCUT2D eigenvalue weighted by Crippen LogP contribution is -2.35. The van der Waals surface area contributed by atoms with Gasteiger partial charge in [-0.15, -0.1) is 0 Å². The van der Waals surface area contributed by atoms with Gasteiger partial charge in [0.25, 0.3) is 5.91 Å². The van der Waals surface area contributed by atoms with Crippen LogP contribution in [0.1, 0.15) is 35.8 Å². The number of hydrogen-bond donors (Lipinski definition) is 1. The number of nitrogens with one attached hydrogen (secondary N) is 1. The highest BCUT2D eigenvalue weighted by Crippen LogP contribution is 2.19. The number of anilines is 1. The Morgan fingerprint density at radius 2 is 1.93 bits per heavy atom. The highest BCUT2D eigenvalue weighted by Gasteiger charge is 2.13. The van der Waals surface area contributed by atoms with E-state index in [0.29, 0.717) is 11.3 Å². The van der Waals surface area contributed by atoms with Gasteiger partial charge in [0.1, 0.15) is 0 Å². The topological polar surface area (TPSA) is 72.3 Å².